The number of carbonyl (C=O) groups excluding carboxylic acids is 4. The van der Waals surface area contributed by atoms with Gasteiger partial charge in [-0.3, -0.25) is 28.6 Å². The van der Waals surface area contributed by atoms with Gasteiger partial charge in [0.1, 0.15) is 6.10 Å². The maximum Gasteiger partial charge on any atom is 0.428 e. The Morgan fingerprint density at radius 2 is 1.32 bits per heavy atom. The molecule has 0 aromatic heterocycles. The van der Waals surface area contributed by atoms with Crippen LogP contribution in [-0.2, 0) is 48.2 Å². The molecule has 9 unspecified atom stereocenters. The number of esters is 2. The Bertz CT molecular complexity index is 1940. The first-order valence-electron chi connectivity index (χ1n) is 20.4. The molecule has 1 spiro atoms. The van der Waals surface area contributed by atoms with E-state index in [1.165, 1.54) is 0 Å². The molecule has 0 aromatic carbocycles. The zero-order valence-corrected chi connectivity index (χ0v) is 32.4. The lowest BCUT2D eigenvalue weighted by molar-refractivity contribution is -0.403. The Morgan fingerprint density at radius 3 is 1.83 bits per heavy atom. The number of hydrogen-bond donors (Lipinski definition) is 1. The monoisotopic (exact) mass is 873 g/mol. The van der Waals surface area contributed by atoms with Crippen LogP contribution in [0.3, 0.4) is 0 Å². The van der Waals surface area contributed by atoms with Gasteiger partial charge in [-0.05, 0) is 114 Å². The molecule has 2 heterocycles. The zero-order chi connectivity index (χ0) is 42.4. The summed E-state index contributed by atoms with van der Waals surface area (Å²) in [6.07, 6.45) is -11.3. The lowest BCUT2D eigenvalue weighted by Gasteiger charge is -2.62. The third kappa shape index (κ3) is 5.24. The Hall–Kier alpha value is -2.65. The van der Waals surface area contributed by atoms with Gasteiger partial charge in [0.15, 0.2) is 11.9 Å². The smallest absolute Gasteiger partial charge is 0.428 e. The minimum Gasteiger partial charge on any atom is -0.459 e. The molecule has 0 radical (unpaired) electrons. The third-order valence-corrected chi connectivity index (χ3v) is 17.7. The highest BCUT2D eigenvalue weighted by molar-refractivity contribution is 7.86. The van der Waals surface area contributed by atoms with Crippen LogP contribution >= 0.6 is 0 Å². The first kappa shape index (κ1) is 40.4. The van der Waals surface area contributed by atoms with Gasteiger partial charge in [-0.2, -0.15) is 43.5 Å². The highest BCUT2D eigenvalue weighted by Crippen LogP contribution is 2.70. The van der Waals surface area contributed by atoms with Crippen LogP contribution in [0.5, 0.6) is 0 Å². The van der Waals surface area contributed by atoms with Crippen LogP contribution in [0.4, 0.5) is 35.1 Å². The van der Waals surface area contributed by atoms with Gasteiger partial charge < -0.3 is 18.9 Å². The normalized spacial score (nSPS) is 46.7. The van der Waals surface area contributed by atoms with E-state index in [1.807, 2.05) is 0 Å². The molecule has 9 atom stereocenters. The van der Waals surface area contributed by atoms with E-state index in [0.717, 1.165) is 24.2 Å². The fraction of sp³-hybridized carbons (Fsp3) is 0.895. The average molecular weight is 874 g/mol. The molecule has 2 amide bonds. The van der Waals surface area contributed by atoms with Crippen LogP contribution in [0.1, 0.15) is 84.0 Å². The van der Waals surface area contributed by atoms with Crippen molar-refractivity contribution in [2.75, 3.05) is 6.61 Å². The topological polar surface area (TPSA) is 163 Å². The Labute approximate surface area is 332 Å². The maximum atomic E-state index is 14.9. The van der Waals surface area contributed by atoms with Crippen molar-refractivity contribution in [2.24, 2.45) is 70.0 Å². The number of nitrogens with zero attached hydrogens (tertiary/aromatic N) is 1. The second-order valence-electron chi connectivity index (χ2n) is 19.9. The molecular weight excluding hydrogens is 830 g/mol. The lowest BCUT2D eigenvalue weighted by Crippen LogP contribution is -2.66. The molecule has 12 nitrogen and oxygen atoms in total. The van der Waals surface area contributed by atoms with Crippen molar-refractivity contribution in [2.45, 2.75) is 131 Å². The van der Waals surface area contributed by atoms with Gasteiger partial charge >= 0.3 is 39.7 Å². The molecule has 2 saturated heterocycles. The average Bonchev–Trinajstić information content (AvgIpc) is 3.85. The van der Waals surface area contributed by atoms with E-state index in [1.54, 1.807) is 0 Å². The van der Waals surface area contributed by atoms with Crippen LogP contribution < -0.4 is 0 Å². The van der Waals surface area contributed by atoms with Gasteiger partial charge in [0.25, 0.3) is 5.60 Å². The van der Waals surface area contributed by atoms with Crippen LogP contribution in [-0.4, -0.2) is 95.5 Å². The van der Waals surface area contributed by atoms with Crippen molar-refractivity contribution in [1.82, 2.24) is 4.90 Å². The standard InChI is InChI=1S/C38H43F8NO11S/c1-15(36(39,40)59(52,53)54)56-29(49)25-23-7-22-24(25)28(48)47(30(50)32-8-16-2-17(9-32)4-18(3-16)10-32)26(22)27(23)57-31(51)33-11-19-5-20(12-33)35(21(6-19)13-33)55-14-34(58-35,37(41,42)43)38(44,45)46/h15-27H,2-14H2,1H3,(H,52,53,54). The second-order valence-corrected chi connectivity index (χ2v) is 21.4. The lowest BCUT2D eigenvalue weighted by atomic mass is 9.47. The molecule has 1 N–H and O–H groups in total. The summed E-state index contributed by atoms with van der Waals surface area (Å²) in [5, 5.41) is -4.93. The minimum atomic E-state index is -6.05. The van der Waals surface area contributed by atoms with Crippen molar-refractivity contribution in [3.63, 3.8) is 0 Å². The molecule has 21 heteroatoms. The van der Waals surface area contributed by atoms with Crippen molar-refractivity contribution >= 4 is 33.9 Å². The minimum absolute atomic E-state index is 0.0230. The van der Waals surface area contributed by atoms with E-state index < -0.39 is 134 Å². The summed E-state index contributed by atoms with van der Waals surface area (Å²) in [4.78, 5) is 59.0. The van der Waals surface area contributed by atoms with Crippen molar-refractivity contribution < 1.29 is 86.2 Å². The summed E-state index contributed by atoms with van der Waals surface area (Å²) in [5.41, 5.74) is -6.88. The van der Waals surface area contributed by atoms with E-state index in [2.05, 4.69) is 0 Å². The zero-order valence-electron chi connectivity index (χ0n) is 31.6. The van der Waals surface area contributed by atoms with E-state index in [9.17, 15) is 62.7 Å². The molecule has 10 aliphatic carbocycles. The molecule has 328 valence electrons. The summed E-state index contributed by atoms with van der Waals surface area (Å²) < 4.78 is 168. The predicted molar refractivity (Wildman–Crippen MR) is 177 cm³/mol. The van der Waals surface area contributed by atoms with Crippen molar-refractivity contribution in [3.05, 3.63) is 0 Å². The Balaban J connectivity index is 0.961. The quantitative estimate of drug-likeness (QED) is 0.147. The molecule has 12 aliphatic rings. The van der Waals surface area contributed by atoms with Gasteiger partial charge in [-0.15, -0.1) is 0 Å². The molecule has 0 aromatic rings. The van der Waals surface area contributed by atoms with Gasteiger partial charge in [-0.25, -0.2) is 0 Å². The summed E-state index contributed by atoms with van der Waals surface area (Å²) >= 11 is 0. The third-order valence-electron chi connectivity index (χ3n) is 16.7. The summed E-state index contributed by atoms with van der Waals surface area (Å²) in [6, 6.07) is -1.05. The number of carbonyl (C=O) groups is 4. The number of rotatable bonds is 7. The Morgan fingerprint density at radius 1 is 0.797 bits per heavy atom. The molecule has 59 heavy (non-hydrogen) atoms. The molecule has 12 rings (SSSR count). The first-order valence-corrected chi connectivity index (χ1v) is 21.8. The van der Waals surface area contributed by atoms with E-state index >= 15 is 0 Å². The second kappa shape index (κ2) is 12.1. The van der Waals surface area contributed by atoms with Gasteiger partial charge in [0.2, 0.25) is 11.8 Å². The molecule has 12 fully saturated rings. The number of alkyl halides is 8. The largest absolute Gasteiger partial charge is 0.459 e. The predicted octanol–water partition coefficient (Wildman–Crippen LogP) is 5.58. The van der Waals surface area contributed by atoms with Crippen LogP contribution in [0, 0.1) is 70.0 Å². The number of ether oxygens (including phenoxy) is 4. The van der Waals surface area contributed by atoms with E-state index in [0.29, 0.717) is 26.2 Å². The molecule has 2 aliphatic heterocycles. The van der Waals surface area contributed by atoms with Crippen molar-refractivity contribution in [3.8, 4) is 0 Å². The van der Waals surface area contributed by atoms with E-state index in [-0.39, 0.29) is 62.2 Å². The number of likely N-dealkylation sites (tertiary alicyclic amines) is 1. The van der Waals surface area contributed by atoms with Crippen LogP contribution in [0.2, 0.25) is 0 Å². The maximum absolute atomic E-state index is 14.9. The Kier molecular flexibility index (Phi) is 8.28. The summed E-state index contributed by atoms with van der Waals surface area (Å²) in [6.45, 7) is -1.26. The molecule has 10 bridgehead atoms. The number of imide groups is 1. The van der Waals surface area contributed by atoms with E-state index in [4.69, 9.17) is 23.5 Å². The highest BCUT2D eigenvalue weighted by atomic mass is 32.2. The molecule has 10 saturated carbocycles. The van der Waals surface area contributed by atoms with Gasteiger partial charge in [0, 0.05) is 17.8 Å². The SMILES string of the molecule is CC(OC(=O)C1C2CC3C1C(=O)N(C(=O)C14CC5CC(CC(C5)C1)C4)C3C2OC(=O)C12CC3CC(C1)C1(OCC(C(F)(F)F)(C(F)(F)F)O1)C(C3)C2)C(F)(F)S(=O)(=O)O. The number of fused-ring (bicyclic) bond motifs is 1. The first-order chi connectivity index (χ1) is 27.3. The van der Waals surface area contributed by atoms with Gasteiger partial charge in [0.05, 0.1) is 35.3 Å². The van der Waals surface area contributed by atoms with Crippen LogP contribution in [0.15, 0.2) is 0 Å². The fourth-order valence-corrected chi connectivity index (χ4v) is 15.5. The summed E-state index contributed by atoms with van der Waals surface area (Å²) in [5.74, 6) is -12.1. The van der Waals surface area contributed by atoms with Crippen LogP contribution in [0.25, 0.3) is 0 Å². The fourth-order valence-electron chi connectivity index (χ4n) is 15.0. The summed E-state index contributed by atoms with van der Waals surface area (Å²) in [7, 11) is -6.05. The highest BCUT2D eigenvalue weighted by Gasteiger charge is 2.82. The van der Waals surface area contributed by atoms with Gasteiger partial charge in [-0.1, -0.05) is 0 Å². The van der Waals surface area contributed by atoms with Crippen molar-refractivity contribution in [1.29, 1.82) is 0 Å². The molecular formula is C38H43F8NO11S. The number of amides is 2. The number of hydrogen-bond acceptors (Lipinski definition) is 10. The number of halogens is 8.